The average molecular weight is 446 g/mol. The van der Waals surface area contributed by atoms with Crippen molar-refractivity contribution in [3.8, 4) is 17.2 Å². The molecule has 4 rings (SSSR count). The number of methoxy groups -OCH3 is 1. The van der Waals surface area contributed by atoms with E-state index in [-0.39, 0.29) is 5.69 Å². The minimum absolute atomic E-state index is 0.282. The van der Waals surface area contributed by atoms with E-state index in [1.807, 2.05) is 42.5 Å². The third-order valence-electron chi connectivity index (χ3n) is 4.55. The Hall–Kier alpha value is -4.04. The Labute approximate surface area is 188 Å². The van der Waals surface area contributed by atoms with Crippen LogP contribution in [0.3, 0.4) is 0 Å². The topological polar surface area (TPSA) is 93.5 Å². The zero-order chi connectivity index (χ0) is 22.5. The molecule has 0 saturated carbocycles. The highest BCUT2D eigenvalue weighted by atomic mass is 32.2. The van der Waals surface area contributed by atoms with Crippen molar-refractivity contribution < 1.29 is 14.6 Å². The number of benzene rings is 3. The molecule has 0 aliphatic carbocycles. The smallest absolute Gasteiger partial charge is 0.280 e. The maximum absolute atomic E-state index is 13.0. The molecule has 0 unspecified atom stereocenters. The number of carbonyl (C=O) groups excluding carboxylic acids is 1. The molecule has 0 radical (unpaired) electrons. The zero-order valence-corrected chi connectivity index (χ0v) is 17.9. The summed E-state index contributed by atoms with van der Waals surface area (Å²) in [6, 6.07) is 24.8. The summed E-state index contributed by atoms with van der Waals surface area (Å²) in [6.07, 6.45) is 0. The summed E-state index contributed by atoms with van der Waals surface area (Å²) in [6.45, 7) is 0. The van der Waals surface area contributed by atoms with Gasteiger partial charge in [-0.1, -0.05) is 54.2 Å². The third-order valence-corrected chi connectivity index (χ3v) is 5.63. The van der Waals surface area contributed by atoms with Crippen LogP contribution in [0.5, 0.6) is 11.5 Å². The lowest BCUT2D eigenvalue weighted by atomic mass is 10.2. The second-order valence-corrected chi connectivity index (χ2v) is 7.78. The molecule has 7 nitrogen and oxygen atoms in total. The molecular weight excluding hydrogens is 426 g/mol. The van der Waals surface area contributed by atoms with Crippen LogP contribution in [0.25, 0.3) is 5.69 Å². The van der Waals surface area contributed by atoms with Gasteiger partial charge in [-0.15, -0.1) is 0 Å². The molecule has 0 aliphatic rings. The molecule has 0 saturated heterocycles. The van der Waals surface area contributed by atoms with Gasteiger partial charge in [-0.05, 0) is 36.4 Å². The number of aromatic hydroxyl groups is 1. The van der Waals surface area contributed by atoms with E-state index in [2.05, 4.69) is 10.4 Å². The van der Waals surface area contributed by atoms with Crippen molar-refractivity contribution >= 4 is 23.4 Å². The van der Waals surface area contributed by atoms with Crippen molar-refractivity contribution in [3.63, 3.8) is 0 Å². The molecule has 1 aromatic heterocycles. The lowest BCUT2D eigenvalue weighted by Crippen LogP contribution is -2.25. The molecule has 0 fully saturated rings. The molecule has 2 N–H and O–H groups in total. The lowest BCUT2D eigenvalue weighted by molar-refractivity contribution is 0.101. The zero-order valence-electron chi connectivity index (χ0n) is 17.1. The van der Waals surface area contributed by atoms with Crippen LogP contribution in [-0.2, 0) is 0 Å². The second-order valence-electron chi connectivity index (χ2n) is 6.67. The summed E-state index contributed by atoms with van der Waals surface area (Å²) in [5.74, 6) is -0.747. The SMILES string of the molecule is COc1ccccc1-n1nc(C(=O)Nc2ccccc2Sc2ccccc2)c(O)cc1=O. The molecule has 4 aromatic rings. The highest BCUT2D eigenvalue weighted by Crippen LogP contribution is 2.33. The van der Waals surface area contributed by atoms with Gasteiger partial charge in [0.25, 0.3) is 11.5 Å². The molecule has 1 amide bonds. The number of anilines is 1. The Morgan fingerprint density at radius 1 is 1.00 bits per heavy atom. The Morgan fingerprint density at radius 2 is 1.69 bits per heavy atom. The summed E-state index contributed by atoms with van der Waals surface area (Å²) in [5.41, 5.74) is 0.0373. The van der Waals surface area contributed by atoms with Gasteiger partial charge in [-0.3, -0.25) is 9.59 Å². The van der Waals surface area contributed by atoms with E-state index in [1.54, 1.807) is 36.4 Å². The van der Waals surface area contributed by atoms with Crippen molar-refractivity contribution in [1.29, 1.82) is 0 Å². The van der Waals surface area contributed by atoms with Gasteiger partial charge >= 0.3 is 0 Å². The predicted octanol–water partition coefficient (Wildman–Crippen LogP) is 4.35. The first-order chi connectivity index (χ1) is 15.6. The fraction of sp³-hybridized carbons (Fsp3) is 0.0417. The number of para-hydroxylation sites is 3. The number of rotatable bonds is 6. The van der Waals surface area contributed by atoms with E-state index in [9.17, 15) is 14.7 Å². The van der Waals surface area contributed by atoms with Crippen molar-refractivity contribution in [2.45, 2.75) is 9.79 Å². The molecule has 1 heterocycles. The van der Waals surface area contributed by atoms with Crippen molar-refractivity contribution in [2.75, 3.05) is 12.4 Å². The number of ether oxygens (including phenoxy) is 1. The number of aromatic nitrogens is 2. The fourth-order valence-electron chi connectivity index (χ4n) is 3.04. The van der Waals surface area contributed by atoms with E-state index in [0.29, 0.717) is 17.1 Å². The van der Waals surface area contributed by atoms with Crippen LogP contribution in [0.1, 0.15) is 10.5 Å². The van der Waals surface area contributed by atoms with E-state index in [0.717, 1.165) is 20.5 Å². The number of carbonyl (C=O) groups is 1. The first-order valence-corrected chi connectivity index (χ1v) is 10.5. The molecule has 32 heavy (non-hydrogen) atoms. The molecule has 0 aliphatic heterocycles. The first kappa shape index (κ1) is 21.2. The van der Waals surface area contributed by atoms with E-state index in [4.69, 9.17) is 4.74 Å². The Kier molecular flexibility index (Phi) is 6.23. The minimum atomic E-state index is -0.646. The highest BCUT2D eigenvalue weighted by Gasteiger charge is 2.19. The summed E-state index contributed by atoms with van der Waals surface area (Å²) >= 11 is 1.49. The van der Waals surface area contributed by atoms with E-state index >= 15 is 0 Å². The van der Waals surface area contributed by atoms with Crippen molar-refractivity contribution in [2.24, 2.45) is 0 Å². The lowest BCUT2D eigenvalue weighted by Gasteiger charge is -2.13. The van der Waals surface area contributed by atoms with Gasteiger partial charge in [-0.2, -0.15) is 9.78 Å². The van der Waals surface area contributed by atoms with Gasteiger partial charge in [0.15, 0.2) is 11.4 Å². The Balaban J connectivity index is 1.67. The van der Waals surface area contributed by atoms with Gasteiger partial charge in [-0.25, -0.2) is 0 Å². The number of amides is 1. The van der Waals surface area contributed by atoms with Crippen LogP contribution in [0.2, 0.25) is 0 Å². The number of hydrogen-bond donors (Lipinski definition) is 2. The minimum Gasteiger partial charge on any atom is -0.505 e. The number of hydrogen-bond acceptors (Lipinski definition) is 6. The van der Waals surface area contributed by atoms with Crippen LogP contribution in [0, 0.1) is 0 Å². The highest BCUT2D eigenvalue weighted by molar-refractivity contribution is 7.99. The maximum atomic E-state index is 13.0. The number of nitrogens with zero attached hydrogens (tertiary/aromatic N) is 2. The molecule has 0 spiro atoms. The Morgan fingerprint density at radius 3 is 2.47 bits per heavy atom. The van der Waals surface area contributed by atoms with Crippen LogP contribution in [0.15, 0.2) is 99.5 Å². The van der Waals surface area contributed by atoms with Gasteiger partial charge in [0.05, 0.1) is 12.8 Å². The van der Waals surface area contributed by atoms with Gasteiger partial charge < -0.3 is 15.2 Å². The van der Waals surface area contributed by atoms with Crippen LogP contribution >= 0.6 is 11.8 Å². The summed E-state index contributed by atoms with van der Waals surface area (Å²) in [7, 11) is 1.47. The monoisotopic (exact) mass is 445 g/mol. The molecule has 8 heteroatoms. The van der Waals surface area contributed by atoms with Crippen LogP contribution in [0.4, 0.5) is 5.69 Å². The average Bonchev–Trinajstić information content (AvgIpc) is 2.81. The quantitative estimate of drug-likeness (QED) is 0.458. The Bertz CT molecular complexity index is 1320. The maximum Gasteiger partial charge on any atom is 0.280 e. The summed E-state index contributed by atoms with van der Waals surface area (Å²) in [5, 5.41) is 17.2. The van der Waals surface area contributed by atoms with Crippen LogP contribution in [-0.4, -0.2) is 27.9 Å². The molecule has 160 valence electrons. The fourth-order valence-corrected chi connectivity index (χ4v) is 3.96. The summed E-state index contributed by atoms with van der Waals surface area (Å²) in [4.78, 5) is 27.3. The molecular formula is C24H19N3O4S. The van der Waals surface area contributed by atoms with Gasteiger partial charge in [0.1, 0.15) is 11.4 Å². The van der Waals surface area contributed by atoms with Gasteiger partial charge in [0.2, 0.25) is 0 Å². The first-order valence-electron chi connectivity index (χ1n) is 9.67. The summed E-state index contributed by atoms with van der Waals surface area (Å²) < 4.78 is 6.31. The molecule has 3 aromatic carbocycles. The van der Waals surface area contributed by atoms with Crippen molar-refractivity contribution in [3.05, 3.63) is 101 Å². The normalized spacial score (nSPS) is 10.5. The van der Waals surface area contributed by atoms with Gasteiger partial charge in [0, 0.05) is 15.9 Å². The standard InChI is InChI=1S/C24H19N3O4S/c1-31-20-13-7-6-12-18(20)27-22(29)15-19(28)23(26-27)24(30)25-17-11-5-8-14-21(17)32-16-9-3-2-4-10-16/h2-15,28H,1H3,(H,25,30). The molecule has 0 bridgehead atoms. The number of nitrogens with one attached hydrogen (secondary N) is 1. The predicted molar refractivity (Wildman–Crippen MR) is 123 cm³/mol. The molecule has 0 atom stereocenters. The van der Waals surface area contributed by atoms with Crippen LogP contribution < -0.4 is 15.6 Å². The third kappa shape index (κ3) is 4.50. The van der Waals surface area contributed by atoms with E-state index in [1.165, 1.54) is 18.9 Å². The largest absolute Gasteiger partial charge is 0.505 e. The second kappa shape index (κ2) is 9.40. The van der Waals surface area contributed by atoms with Crippen molar-refractivity contribution in [1.82, 2.24) is 9.78 Å². The van der Waals surface area contributed by atoms with E-state index < -0.39 is 17.2 Å².